The van der Waals surface area contributed by atoms with Gasteiger partial charge in [0.15, 0.2) is 12.2 Å². The molecular formula is C16H17NO9. The fourth-order valence-electron chi connectivity index (χ4n) is 2.68. The summed E-state index contributed by atoms with van der Waals surface area (Å²) < 4.78 is 25.2. The molecule has 1 heterocycles. The van der Waals surface area contributed by atoms with E-state index >= 15 is 0 Å². The van der Waals surface area contributed by atoms with E-state index in [4.69, 9.17) is 18.9 Å². The van der Waals surface area contributed by atoms with Crippen molar-refractivity contribution in [2.45, 2.75) is 30.6 Å². The molecule has 0 spiro atoms. The van der Waals surface area contributed by atoms with Gasteiger partial charge in [0, 0.05) is 5.69 Å². The van der Waals surface area contributed by atoms with Gasteiger partial charge in [-0.3, -0.25) is 19.2 Å². The normalized spacial score (nSPS) is 27.5. The first-order valence-corrected chi connectivity index (χ1v) is 7.54. The number of ether oxygens (including phenoxy) is 5. The van der Waals surface area contributed by atoms with E-state index < -0.39 is 30.6 Å². The second kappa shape index (κ2) is 9.99. The number of carbonyl (C=O) groups excluding carboxylic acids is 4. The molecule has 0 saturated carbocycles. The standard InChI is InChI=1S/C16H17NO9/c18-7-22-6-12-14(23-8-19)15(24-9-20)13(16(26-12)25-10-21)17-11-4-2-1-3-5-11/h1-5,7-10,12-17H,6H2/t12-,13+,14+,15+,16-/m0/s1. The van der Waals surface area contributed by atoms with Crippen LogP contribution in [0.2, 0.25) is 0 Å². The minimum Gasteiger partial charge on any atom is -0.465 e. The Balaban J connectivity index is 2.32. The third kappa shape index (κ3) is 4.70. The molecule has 1 fully saturated rings. The Morgan fingerprint density at radius 3 is 2.15 bits per heavy atom. The van der Waals surface area contributed by atoms with Gasteiger partial charge in [-0.25, -0.2) is 0 Å². The van der Waals surface area contributed by atoms with E-state index in [1.165, 1.54) is 0 Å². The maximum atomic E-state index is 11.0. The first-order chi connectivity index (χ1) is 12.7. The summed E-state index contributed by atoms with van der Waals surface area (Å²) in [5, 5.41) is 3.02. The SMILES string of the molecule is O=COC[C@@H]1O[C@H](OC=O)[C@H](Nc2ccccc2)[C@@H](OC=O)[C@@H]1OC=O. The topological polar surface area (TPSA) is 126 Å². The minimum absolute atomic E-state index is 0.156. The van der Waals surface area contributed by atoms with Crippen LogP contribution in [0.4, 0.5) is 5.69 Å². The van der Waals surface area contributed by atoms with E-state index in [2.05, 4.69) is 10.1 Å². The van der Waals surface area contributed by atoms with Gasteiger partial charge < -0.3 is 29.0 Å². The van der Waals surface area contributed by atoms with Crippen LogP contribution in [0.1, 0.15) is 0 Å². The van der Waals surface area contributed by atoms with Crippen LogP contribution in [0, 0.1) is 0 Å². The van der Waals surface area contributed by atoms with Crippen molar-refractivity contribution in [3.63, 3.8) is 0 Å². The van der Waals surface area contributed by atoms with Crippen LogP contribution in [-0.4, -0.2) is 63.1 Å². The van der Waals surface area contributed by atoms with Crippen molar-refractivity contribution in [1.82, 2.24) is 0 Å². The fraction of sp³-hybridized carbons (Fsp3) is 0.375. The van der Waals surface area contributed by atoms with Crippen molar-refractivity contribution in [2.75, 3.05) is 11.9 Å². The van der Waals surface area contributed by atoms with E-state index in [-0.39, 0.29) is 32.5 Å². The van der Waals surface area contributed by atoms with E-state index in [0.717, 1.165) is 0 Å². The van der Waals surface area contributed by atoms with Crippen LogP contribution in [0.3, 0.4) is 0 Å². The molecule has 0 radical (unpaired) electrons. The molecule has 0 unspecified atom stereocenters. The smallest absolute Gasteiger partial charge is 0.295 e. The largest absolute Gasteiger partial charge is 0.465 e. The Hall–Kier alpha value is -3.14. The summed E-state index contributed by atoms with van der Waals surface area (Å²) in [5.74, 6) is 0. The van der Waals surface area contributed by atoms with Gasteiger partial charge in [-0.15, -0.1) is 0 Å². The molecule has 1 aliphatic heterocycles. The van der Waals surface area contributed by atoms with Crippen molar-refractivity contribution >= 4 is 31.6 Å². The Morgan fingerprint density at radius 1 is 0.885 bits per heavy atom. The van der Waals surface area contributed by atoms with Gasteiger partial charge in [-0.1, -0.05) is 18.2 Å². The number of nitrogens with one attached hydrogen (secondary N) is 1. The second-order valence-electron chi connectivity index (χ2n) is 5.13. The van der Waals surface area contributed by atoms with E-state index in [0.29, 0.717) is 5.69 Å². The number of para-hydroxylation sites is 1. The van der Waals surface area contributed by atoms with E-state index in [9.17, 15) is 19.2 Å². The maximum Gasteiger partial charge on any atom is 0.295 e. The molecule has 0 bridgehead atoms. The molecule has 2 rings (SSSR count). The maximum absolute atomic E-state index is 11.0. The Bertz CT molecular complexity index is 597. The summed E-state index contributed by atoms with van der Waals surface area (Å²) in [7, 11) is 0. The lowest BCUT2D eigenvalue weighted by atomic mass is 9.96. The molecule has 0 amide bonds. The first kappa shape index (κ1) is 19.2. The quantitative estimate of drug-likeness (QED) is 0.408. The molecular weight excluding hydrogens is 350 g/mol. The molecule has 1 aliphatic rings. The number of benzene rings is 1. The van der Waals surface area contributed by atoms with Crippen LogP contribution >= 0.6 is 0 Å². The zero-order chi connectivity index (χ0) is 18.8. The molecule has 1 N–H and O–H groups in total. The van der Waals surface area contributed by atoms with Gasteiger partial charge in [0.05, 0.1) is 0 Å². The van der Waals surface area contributed by atoms with Gasteiger partial charge in [0.2, 0.25) is 6.29 Å². The Labute approximate surface area is 148 Å². The summed E-state index contributed by atoms with van der Waals surface area (Å²) in [6.45, 7) is 0.370. The molecule has 10 nitrogen and oxygen atoms in total. The van der Waals surface area contributed by atoms with Crippen LogP contribution in [-0.2, 0) is 42.9 Å². The van der Waals surface area contributed by atoms with Crippen molar-refractivity contribution < 1.29 is 42.9 Å². The molecule has 0 aliphatic carbocycles. The van der Waals surface area contributed by atoms with Gasteiger partial charge in [0.25, 0.3) is 25.9 Å². The lowest BCUT2D eigenvalue weighted by molar-refractivity contribution is -0.256. The highest BCUT2D eigenvalue weighted by Crippen LogP contribution is 2.28. The average molecular weight is 367 g/mol. The molecule has 0 aromatic heterocycles. The van der Waals surface area contributed by atoms with Gasteiger partial charge in [0.1, 0.15) is 18.8 Å². The predicted molar refractivity (Wildman–Crippen MR) is 83.6 cm³/mol. The zero-order valence-electron chi connectivity index (χ0n) is 13.5. The molecule has 1 saturated heterocycles. The fourth-order valence-corrected chi connectivity index (χ4v) is 2.68. The lowest BCUT2D eigenvalue weighted by Crippen LogP contribution is -2.63. The molecule has 26 heavy (non-hydrogen) atoms. The number of hydrogen-bond acceptors (Lipinski definition) is 10. The first-order valence-electron chi connectivity index (χ1n) is 7.54. The van der Waals surface area contributed by atoms with Gasteiger partial charge in [-0.2, -0.15) is 0 Å². The second-order valence-corrected chi connectivity index (χ2v) is 5.13. The third-order valence-electron chi connectivity index (χ3n) is 3.70. The summed E-state index contributed by atoms with van der Waals surface area (Å²) in [5.41, 5.74) is 0.618. The number of hydrogen-bond donors (Lipinski definition) is 1. The van der Waals surface area contributed by atoms with Crippen LogP contribution < -0.4 is 5.32 Å². The predicted octanol–water partition coefficient (Wildman–Crippen LogP) is -0.379. The lowest BCUT2D eigenvalue weighted by Gasteiger charge is -2.43. The van der Waals surface area contributed by atoms with Crippen molar-refractivity contribution in [3.8, 4) is 0 Å². The summed E-state index contributed by atoms with van der Waals surface area (Å²) in [6, 6.07) is 7.88. The van der Waals surface area contributed by atoms with Crippen molar-refractivity contribution in [2.24, 2.45) is 0 Å². The molecule has 10 heteroatoms. The Kier molecular flexibility index (Phi) is 7.37. The van der Waals surface area contributed by atoms with Crippen LogP contribution in [0.15, 0.2) is 30.3 Å². The van der Waals surface area contributed by atoms with E-state index in [1.54, 1.807) is 30.3 Å². The summed E-state index contributed by atoms with van der Waals surface area (Å²) in [6.07, 6.45) is -4.42. The van der Waals surface area contributed by atoms with Crippen molar-refractivity contribution in [3.05, 3.63) is 30.3 Å². The highest BCUT2D eigenvalue weighted by atomic mass is 16.7. The summed E-state index contributed by atoms with van der Waals surface area (Å²) >= 11 is 0. The molecule has 140 valence electrons. The zero-order valence-corrected chi connectivity index (χ0v) is 13.5. The number of carbonyl (C=O) groups is 4. The molecule has 1 aromatic rings. The van der Waals surface area contributed by atoms with E-state index in [1.807, 2.05) is 0 Å². The third-order valence-corrected chi connectivity index (χ3v) is 3.70. The highest BCUT2D eigenvalue weighted by molar-refractivity contribution is 5.46. The number of anilines is 1. The minimum atomic E-state index is -1.20. The average Bonchev–Trinajstić information content (AvgIpc) is 2.66. The molecule has 5 atom stereocenters. The Morgan fingerprint density at radius 2 is 1.54 bits per heavy atom. The monoisotopic (exact) mass is 367 g/mol. The number of rotatable bonds is 11. The van der Waals surface area contributed by atoms with Crippen LogP contribution in [0.5, 0.6) is 0 Å². The van der Waals surface area contributed by atoms with Crippen LogP contribution in [0.25, 0.3) is 0 Å². The highest BCUT2D eigenvalue weighted by Gasteiger charge is 2.50. The van der Waals surface area contributed by atoms with Gasteiger partial charge >= 0.3 is 0 Å². The molecule has 1 aromatic carbocycles. The summed E-state index contributed by atoms with van der Waals surface area (Å²) in [4.78, 5) is 43.2. The van der Waals surface area contributed by atoms with Crippen molar-refractivity contribution in [1.29, 1.82) is 0 Å². The van der Waals surface area contributed by atoms with Gasteiger partial charge in [-0.05, 0) is 12.1 Å².